The van der Waals surface area contributed by atoms with Crippen molar-refractivity contribution in [1.29, 1.82) is 0 Å². The van der Waals surface area contributed by atoms with Crippen molar-refractivity contribution in [2.24, 2.45) is 5.73 Å². The summed E-state index contributed by atoms with van der Waals surface area (Å²) < 4.78 is 43.1. The van der Waals surface area contributed by atoms with Gasteiger partial charge in [0.1, 0.15) is 73.2 Å². The standard InChI is InChI=1S/C22H41NO16/c1-32-5-8-11(24)14(27)17(30)20(37-8)35-6-9-12(25)15(28)18(31)21(38-9)36-7-10-13(26)16(29)19(34-4-3-23)22(33-2)39-10/h8-22,24-31H,3-7,23H2,1-2H3. The lowest BCUT2D eigenvalue weighted by Crippen LogP contribution is -2.63. The van der Waals surface area contributed by atoms with E-state index in [1.165, 1.54) is 14.2 Å². The maximum absolute atomic E-state index is 10.5. The van der Waals surface area contributed by atoms with Gasteiger partial charge in [-0.3, -0.25) is 0 Å². The molecule has 0 spiro atoms. The fourth-order valence-electron chi connectivity index (χ4n) is 4.54. The molecule has 3 aliphatic heterocycles. The minimum absolute atomic E-state index is 0.0835. The van der Waals surface area contributed by atoms with Gasteiger partial charge in [-0.25, -0.2) is 0 Å². The first kappa shape index (κ1) is 32.8. The molecule has 3 fully saturated rings. The van der Waals surface area contributed by atoms with Crippen molar-refractivity contribution in [3.63, 3.8) is 0 Å². The Morgan fingerprint density at radius 1 is 0.538 bits per heavy atom. The van der Waals surface area contributed by atoms with Gasteiger partial charge in [-0.05, 0) is 0 Å². The summed E-state index contributed by atoms with van der Waals surface area (Å²) in [6.45, 7) is -0.794. The quantitative estimate of drug-likeness (QED) is 0.105. The largest absolute Gasteiger partial charge is 0.387 e. The van der Waals surface area contributed by atoms with Crippen molar-refractivity contribution < 1.29 is 78.7 Å². The highest BCUT2D eigenvalue weighted by atomic mass is 16.7. The Bertz CT molecular complexity index is 722. The molecule has 0 radical (unpaired) electrons. The van der Waals surface area contributed by atoms with Crippen molar-refractivity contribution in [3.05, 3.63) is 0 Å². The average molecular weight is 576 g/mol. The molecule has 0 aromatic carbocycles. The Balaban J connectivity index is 1.59. The third-order valence-corrected chi connectivity index (χ3v) is 6.82. The molecule has 0 aliphatic carbocycles. The second-order valence-electron chi connectivity index (χ2n) is 9.54. The number of rotatable bonds is 12. The third kappa shape index (κ3) is 7.59. The van der Waals surface area contributed by atoms with E-state index in [1.807, 2.05) is 0 Å². The van der Waals surface area contributed by atoms with E-state index in [9.17, 15) is 40.9 Å². The zero-order chi connectivity index (χ0) is 28.9. The topological polar surface area (TPSA) is 262 Å². The number of hydrogen-bond acceptors (Lipinski definition) is 17. The minimum Gasteiger partial charge on any atom is -0.387 e. The molecule has 0 saturated carbocycles. The maximum Gasteiger partial charge on any atom is 0.186 e. The van der Waals surface area contributed by atoms with Gasteiger partial charge in [-0.15, -0.1) is 0 Å². The van der Waals surface area contributed by atoms with Gasteiger partial charge in [0, 0.05) is 20.8 Å². The van der Waals surface area contributed by atoms with Crippen LogP contribution < -0.4 is 5.73 Å². The molecule has 17 heteroatoms. The predicted molar refractivity (Wildman–Crippen MR) is 124 cm³/mol. The van der Waals surface area contributed by atoms with Crippen LogP contribution >= 0.6 is 0 Å². The normalized spacial score (nSPS) is 47.3. The average Bonchev–Trinajstić information content (AvgIpc) is 2.93. The molecule has 3 rings (SSSR count). The minimum atomic E-state index is -1.74. The van der Waals surface area contributed by atoms with Gasteiger partial charge < -0.3 is 84.5 Å². The van der Waals surface area contributed by atoms with E-state index in [4.69, 9.17) is 43.6 Å². The van der Waals surface area contributed by atoms with E-state index in [0.717, 1.165) is 0 Å². The van der Waals surface area contributed by atoms with Crippen LogP contribution in [0.15, 0.2) is 0 Å². The summed E-state index contributed by atoms with van der Waals surface area (Å²) >= 11 is 0. The Morgan fingerprint density at radius 2 is 0.974 bits per heavy atom. The highest BCUT2D eigenvalue weighted by molar-refractivity contribution is 4.93. The molecule has 3 saturated heterocycles. The van der Waals surface area contributed by atoms with E-state index < -0.39 is 105 Å². The molecule has 0 amide bonds. The van der Waals surface area contributed by atoms with Crippen LogP contribution in [0.4, 0.5) is 0 Å². The summed E-state index contributed by atoms with van der Waals surface area (Å²) in [7, 11) is 2.66. The fraction of sp³-hybridized carbons (Fsp3) is 1.00. The summed E-state index contributed by atoms with van der Waals surface area (Å²) in [6.07, 6.45) is -21.3. The number of methoxy groups -OCH3 is 2. The van der Waals surface area contributed by atoms with Gasteiger partial charge in [0.2, 0.25) is 0 Å². The van der Waals surface area contributed by atoms with Crippen LogP contribution in [-0.4, -0.2) is 180 Å². The first-order valence-electron chi connectivity index (χ1n) is 12.5. The molecule has 15 unspecified atom stereocenters. The number of aliphatic hydroxyl groups is 8. The Hall–Kier alpha value is -0.680. The Morgan fingerprint density at radius 3 is 1.41 bits per heavy atom. The van der Waals surface area contributed by atoms with Gasteiger partial charge in [0.15, 0.2) is 18.9 Å². The van der Waals surface area contributed by atoms with E-state index in [0.29, 0.717) is 0 Å². The lowest BCUT2D eigenvalue weighted by molar-refractivity contribution is -0.342. The summed E-state index contributed by atoms with van der Waals surface area (Å²) in [5, 5.41) is 82.4. The zero-order valence-electron chi connectivity index (χ0n) is 21.6. The van der Waals surface area contributed by atoms with Crippen LogP contribution in [0, 0.1) is 0 Å². The van der Waals surface area contributed by atoms with Crippen LogP contribution in [0.1, 0.15) is 0 Å². The first-order valence-corrected chi connectivity index (χ1v) is 12.5. The second-order valence-corrected chi connectivity index (χ2v) is 9.54. The maximum atomic E-state index is 10.5. The molecule has 230 valence electrons. The van der Waals surface area contributed by atoms with Crippen LogP contribution in [-0.2, 0) is 37.9 Å². The molecule has 3 aliphatic rings. The zero-order valence-corrected chi connectivity index (χ0v) is 21.6. The van der Waals surface area contributed by atoms with Crippen molar-refractivity contribution in [1.82, 2.24) is 0 Å². The van der Waals surface area contributed by atoms with Crippen LogP contribution in [0.2, 0.25) is 0 Å². The second kappa shape index (κ2) is 15.0. The van der Waals surface area contributed by atoms with Gasteiger partial charge in [0.05, 0.1) is 26.4 Å². The lowest BCUT2D eigenvalue weighted by Gasteiger charge is -2.44. The van der Waals surface area contributed by atoms with Crippen LogP contribution in [0.5, 0.6) is 0 Å². The smallest absolute Gasteiger partial charge is 0.186 e. The fourth-order valence-corrected chi connectivity index (χ4v) is 4.54. The van der Waals surface area contributed by atoms with E-state index >= 15 is 0 Å². The molecular weight excluding hydrogens is 534 g/mol. The molecule has 0 bridgehead atoms. The van der Waals surface area contributed by atoms with E-state index in [-0.39, 0.29) is 19.8 Å². The van der Waals surface area contributed by atoms with Gasteiger partial charge in [-0.1, -0.05) is 0 Å². The third-order valence-electron chi connectivity index (χ3n) is 6.82. The molecule has 0 aromatic heterocycles. The van der Waals surface area contributed by atoms with Crippen LogP contribution in [0.3, 0.4) is 0 Å². The van der Waals surface area contributed by atoms with Gasteiger partial charge in [-0.2, -0.15) is 0 Å². The molecule has 0 aromatic rings. The summed E-state index contributed by atoms with van der Waals surface area (Å²) in [5.74, 6) is 0. The molecule has 10 N–H and O–H groups in total. The Kier molecular flexibility index (Phi) is 12.6. The number of hydrogen-bond donors (Lipinski definition) is 9. The number of ether oxygens (including phenoxy) is 8. The van der Waals surface area contributed by atoms with Crippen molar-refractivity contribution in [3.8, 4) is 0 Å². The molecule has 39 heavy (non-hydrogen) atoms. The summed E-state index contributed by atoms with van der Waals surface area (Å²) in [6, 6.07) is 0. The Labute approximate surface area is 224 Å². The summed E-state index contributed by atoms with van der Waals surface area (Å²) in [4.78, 5) is 0. The summed E-state index contributed by atoms with van der Waals surface area (Å²) in [5.41, 5.74) is 5.41. The predicted octanol–water partition coefficient (Wildman–Crippen LogP) is -6.28. The van der Waals surface area contributed by atoms with Crippen molar-refractivity contribution >= 4 is 0 Å². The SMILES string of the molecule is COCC1OC(OCC2OC(OCC3OC(OC)C(OCCN)C(O)C3O)C(O)C(O)C2O)C(O)C(O)C1O. The highest BCUT2D eigenvalue weighted by Crippen LogP contribution is 2.28. The highest BCUT2D eigenvalue weighted by Gasteiger charge is 2.49. The number of nitrogens with two attached hydrogens (primary N) is 1. The van der Waals surface area contributed by atoms with Crippen molar-refractivity contribution in [2.75, 3.05) is 47.2 Å². The van der Waals surface area contributed by atoms with Crippen molar-refractivity contribution in [2.45, 2.75) is 92.1 Å². The van der Waals surface area contributed by atoms with E-state index in [1.54, 1.807) is 0 Å². The monoisotopic (exact) mass is 575 g/mol. The molecule has 15 atom stereocenters. The lowest BCUT2D eigenvalue weighted by atomic mass is 9.98. The van der Waals surface area contributed by atoms with Gasteiger partial charge >= 0.3 is 0 Å². The van der Waals surface area contributed by atoms with E-state index in [2.05, 4.69) is 0 Å². The number of aliphatic hydroxyl groups excluding tert-OH is 8. The van der Waals surface area contributed by atoms with Gasteiger partial charge in [0.25, 0.3) is 0 Å². The molecule has 3 heterocycles. The van der Waals surface area contributed by atoms with Crippen LogP contribution in [0.25, 0.3) is 0 Å². The first-order chi connectivity index (χ1) is 18.5. The molecule has 17 nitrogen and oxygen atoms in total. The molecular formula is C22H41NO16.